The van der Waals surface area contributed by atoms with E-state index in [1.54, 1.807) is 17.8 Å². The number of aldehydes is 1. The van der Waals surface area contributed by atoms with Crippen molar-refractivity contribution in [2.45, 2.75) is 10.3 Å². The maximum absolute atomic E-state index is 11.6. The molecule has 0 spiro atoms. The number of carboxylic acid groups (broad SMARTS) is 1. The average Bonchev–Trinajstić information content (AvgIpc) is 2.94. The van der Waals surface area contributed by atoms with Crippen molar-refractivity contribution in [3.05, 3.63) is 46.8 Å². The number of carbonyl (C=O) groups excluding carboxylic acids is 1. The van der Waals surface area contributed by atoms with Gasteiger partial charge in [0.05, 0.1) is 9.90 Å². The van der Waals surface area contributed by atoms with Gasteiger partial charge in [0.1, 0.15) is 17.2 Å². The number of thioether (sulfide) groups is 1. The molecule has 2 heterocycles. The average molecular weight is 319 g/mol. The van der Waals surface area contributed by atoms with Gasteiger partial charge in [0.2, 0.25) is 0 Å². The number of benzene rings is 1. The first-order valence-corrected chi connectivity index (χ1v) is 8.27. The molecule has 0 fully saturated rings. The minimum Gasteiger partial charge on any atom is -0.477 e. The van der Waals surface area contributed by atoms with Gasteiger partial charge in [-0.2, -0.15) is 0 Å². The van der Waals surface area contributed by atoms with E-state index in [1.807, 2.05) is 35.2 Å². The van der Waals surface area contributed by atoms with E-state index in [2.05, 4.69) is 0 Å². The number of carbonyl (C=O) groups is 2. The maximum Gasteiger partial charge on any atom is 0.345 e. The molecule has 1 atom stereocenters. The van der Waals surface area contributed by atoms with Crippen LogP contribution in [0.4, 0.5) is 5.69 Å². The van der Waals surface area contributed by atoms with Gasteiger partial charge in [-0.3, -0.25) is 0 Å². The molecule has 1 aromatic heterocycles. The topological polar surface area (TPSA) is 57.6 Å². The molecule has 1 N–H and O–H groups in total. The van der Waals surface area contributed by atoms with E-state index in [4.69, 9.17) is 5.11 Å². The number of thiophene rings is 1. The quantitative estimate of drug-likeness (QED) is 0.876. The number of anilines is 1. The minimum atomic E-state index is -0.919. The van der Waals surface area contributed by atoms with E-state index in [9.17, 15) is 9.59 Å². The van der Waals surface area contributed by atoms with Gasteiger partial charge >= 0.3 is 5.97 Å². The number of carboxylic acids is 1. The van der Waals surface area contributed by atoms with Gasteiger partial charge in [0, 0.05) is 12.3 Å². The summed E-state index contributed by atoms with van der Waals surface area (Å²) in [6, 6.07) is 10.9. The van der Waals surface area contributed by atoms with Crippen LogP contribution in [0.25, 0.3) is 0 Å². The van der Waals surface area contributed by atoms with Crippen LogP contribution in [-0.2, 0) is 4.79 Å². The lowest BCUT2D eigenvalue weighted by Crippen LogP contribution is -2.33. The minimum absolute atomic E-state index is 0.317. The van der Waals surface area contributed by atoms with E-state index >= 15 is 0 Å². The second-order valence-electron chi connectivity index (χ2n) is 4.62. The number of aromatic carboxylic acids is 1. The standard InChI is InChI=1S/C15H13NO3S2/c17-9-12(10-4-2-1-3-5-10)16-6-7-20-15-11(16)8-13(21-15)14(18)19/h1-5,8-9,12H,6-7H2,(H,18,19). The summed E-state index contributed by atoms with van der Waals surface area (Å²) in [5.41, 5.74) is 1.78. The van der Waals surface area contributed by atoms with Gasteiger partial charge < -0.3 is 14.8 Å². The molecule has 21 heavy (non-hydrogen) atoms. The Hall–Kier alpha value is -1.79. The largest absolute Gasteiger partial charge is 0.477 e. The molecule has 0 amide bonds. The van der Waals surface area contributed by atoms with E-state index in [1.165, 1.54) is 11.3 Å². The molecular formula is C15H13NO3S2. The number of hydrogen-bond acceptors (Lipinski definition) is 5. The fraction of sp³-hybridized carbons (Fsp3) is 0.200. The first-order valence-electron chi connectivity index (χ1n) is 6.47. The molecule has 0 radical (unpaired) electrons. The van der Waals surface area contributed by atoms with Gasteiger partial charge in [0.15, 0.2) is 0 Å². The SMILES string of the molecule is O=CC(c1ccccc1)N1CCSc2sc(C(=O)O)cc21. The first-order chi connectivity index (χ1) is 10.2. The van der Waals surface area contributed by atoms with Crippen LogP contribution in [0.2, 0.25) is 0 Å². The van der Waals surface area contributed by atoms with Crippen LogP contribution < -0.4 is 4.90 Å². The highest BCUT2D eigenvalue weighted by Gasteiger charge is 2.28. The molecule has 6 heteroatoms. The van der Waals surface area contributed by atoms with Crippen LogP contribution in [0.5, 0.6) is 0 Å². The predicted octanol–water partition coefficient (Wildman–Crippen LogP) is 3.30. The Morgan fingerprint density at radius 2 is 2.10 bits per heavy atom. The van der Waals surface area contributed by atoms with Crippen LogP contribution in [0.15, 0.2) is 40.6 Å². The van der Waals surface area contributed by atoms with Crippen molar-refractivity contribution in [1.82, 2.24) is 0 Å². The van der Waals surface area contributed by atoms with Crippen LogP contribution in [0.3, 0.4) is 0 Å². The van der Waals surface area contributed by atoms with Crippen molar-refractivity contribution in [2.24, 2.45) is 0 Å². The van der Waals surface area contributed by atoms with Crippen LogP contribution in [0.1, 0.15) is 21.3 Å². The Morgan fingerprint density at radius 1 is 1.33 bits per heavy atom. The van der Waals surface area contributed by atoms with Gasteiger partial charge in [-0.05, 0) is 11.6 Å². The summed E-state index contributed by atoms with van der Waals surface area (Å²) in [6.45, 7) is 0.728. The monoisotopic (exact) mass is 319 g/mol. The third-order valence-electron chi connectivity index (χ3n) is 3.37. The highest BCUT2D eigenvalue weighted by atomic mass is 32.2. The van der Waals surface area contributed by atoms with E-state index in [0.29, 0.717) is 4.88 Å². The molecule has 0 bridgehead atoms. The van der Waals surface area contributed by atoms with Gasteiger partial charge in [-0.25, -0.2) is 4.79 Å². The molecule has 1 unspecified atom stereocenters. The molecule has 0 aliphatic carbocycles. The van der Waals surface area contributed by atoms with Crippen molar-refractivity contribution < 1.29 is 14.7 Å². The van der Waals surface area contributed by atoms with Crippen molar-refractivity contribution in [1.29, 1.82) is 0 Å². The molecule has 108 valence electrons. The van der Waals surface area contributed by atoms with Crippen molar-refractivity contribution in [3.63, 3.8) is 0 Å². The van der Waals surface area contributed by atoms with Crippen LogP contribution >= 0.6 is 23.1 Å². The molecule has 4 nitrogen and oxygen atoms in total. The number of rotatable bonds is 4. The predicted molar refractivity (Wildman–Crippen MR) is 84.6 cm³/mol. The zero-order valence-corrected chi connectivity index (χ0v) is 12.7. The lowest BCUT2D eigenvalue weighted by molar-refractivity contribution is -0.109. The fourth-order valence-corrected chi connectivity index (χ4v) is 4.69. The van der Waals surface area contributed by atoms with Crippen molar-refractivity contribution >= 4 is 41.0 Å². The highest BCUT2D eigenvalue weighted by molar-refractivity contribution is 8.01. The zero-order chi connectivity index (χ0) is 14.8. The van der Waals surface area contributed by atoms with Gasteiger partial charge in [0.25, 0.3) is 0 Å². The Labute approximate surface area is 130 Å². The Morgan fingerprint density at radius 3 is 2.76 bits per heavy atom. The second kappa shape index (κ2) is 5.91. The summed E-state index contributed by atoms with van der Waals surface area (Å²) < 4.78 is 0.974. The molecule has 1 aliphatic rings. The van der Waals surface area contributed by atoms with Crippen LogP contribution in [-0.4, -0.2) is 29.7 Å². The smallest absolute Gasteiger partial charge is 0.345 e. The summed E-state index contributed by atoms with van der Waals surface area (Å²) in [4.78, 5) is 25.1. The van der Waals surface area contributed by atoms with Gasteiger partial charge in [-0.15, -0.1) is 23.1 Å². The van der Waals surface area contributed by atoms with E-state index in [-0.39, 0.29) is 6.04 Å². The maximum atomic E-state index is 11.6. The first kappa shape index (κ1) is 14.2. The molecule has 1 aliphatic heterocycles. The Balaban J connectivity index is 2.00. The molecule has 0 saturated heterocycles. The summed E-state index contributed by atoms with van der Waals surface area (Å²) in [5, 5.41) is 9.15. The zero-order valence-electron chi connectivity index (χ0n) is 11.1. The Bertz CT molecular complexity index is 669. The Kier molecular flexibility index (Phi) is 3.98. The molecule has 3 rings (SSSR count). The molecular weight excluding hydrogens is 306 g/mol. The van der Waals surface area contributed by atoms with Crippen LogP contribution in [0, 0.1) is 0 Å². The molecule has 1 aromatic carbocycles. The third-order valence-corrected chi connectivity index (χ3v) is 5.74. The van der Waals surface area contributed by atoms with Gasteiger partial charge in [-0.1, -0.05) is 30.3 Å². The van der Waals surface area contributed by atoms with E-state index < -0.39 is 5.97 Å². The number of fused-ring (bicyclic) bond motifs is 1. The summed E-state index contributed by atoms with van der Waals surface area (Å²) >= 11 is 2.93. The second-order valence-corrected chi connectivity index (χ2v) is 7.04. The summed E-state index contributed by atoms with van der Waals surface area (Å²) in [6.07, 6.45) is 0.924. The molecule has 2 aromatic rings. The van der Waals surface area contributed by atoms with E-state index in [0.717, 1.165) is 34.0 Å². The lowest BCUT2D eigenvalue weighted by atomic mass is 10.1. The molecule has 0 saturated carbocycles. The summed E-state index contributed by atoms with van der Waals surface area (Å²) in [7, 11) is 0. The normalized spacial score (nSPS) is 15.3. The van der Waals surface area contributed by atoms with Crippen molar-refractivity contribution in [2.75, 3.05) is 17.2 Å². The number of hydrogen-bond donors (Lipinski definition) is 1. The van der Waals surface area contributed by atoms with Crippen molar-refractivity contribution in [3.8, 4) is 0 Å². The third kappa shape index (κ3) is 2.69. The lowest BCUT2D eigenvalue weighted by Gasteiger charge is -2.33. The highest BCUT2D eigenvalue weighted by Crippen LogP contribution is 2.44. The fourth-order valence-electron chi connectivity index (χ4n) is 2.40. The summed E-state index contributed by atoms with van der Waals surface area (Å²) in [5.74, 6) is -0.0682. The number of nitrogens with zero attached hydrogens (tertiary/aromatic N) is 1.